The summed E-state index contributed by atoms with van der Waals surface area (Å²) in [4.78, 5) is 9.42. The lowest BCUT2D eigenvalue weighted by Crippen LogP contribution is -2.04. The van der Waals surface area contributed by atoms with E-state index in [9.17, 15) is 23.1 Å². The number of non-ortho nitro benzene ring substituents is 1. The molecule has 0 amide bonds. The van der Waals surface area contributed by atoms with Crippen LogP contribution < -0.4 is 5.32 Å². The monoisotopic (exact) mass is 308 g/mol. The Balaban J connectivity index is 2.48. The summed E-state index contributed by atoms with van der Waals surface area (Å²) in [6.45, 7) is 1.90. The molecular formula is C13H12N2O5S. The summed E-state index contributed by atoms with van der Waals surface area (Å²) >= 11 is 0. The summed E-state index contributed by atoms with van der Waals surface area (Å²) in [6.07, 6.45) is 0. The highest BCUT2D eigenvalue weighted by Gasteiger charge is 2.20. The Hall–Kier alpha value is -2.45. The molecule has 0 bridgehead atoms. The maximum Gasteiger partial charge on any atom is 0.296 e. The van der Waals surface area contributed by atoms with Gasteiger partial charge in [-0.3, -0.25) is 14.7 Å². The van der Waals surface area contributed by atoms with Gasteiger partial charge in [-0.2, -0.15) is 8.42 Å². The zero-order chi connectivity index (χ0) is 15.6. The zero-order valence-corrected chi connectivity index (χ0v) is 11.8. The van der Waals surface area contributed by atoms with Gasteiger partial charge in [-0.05, 0) is 25.1 Å². The van der Waals surface area contributed by atoms with Crippen LogP contribution in [0.1, 0.15) is 5.56 Å². The number of nitro groups is 1. The first-order chi connectivity index (χ1) is 9.77. The first-order valence-electron chi connectivity index (χ1n) is 5.87. The number of anilines is 2. The minimum absolute atomic E-state index is 0.0620. The predicted octanol–water partition coefficient (Wildman–Crippen LogP) is 2.89. The van der Waals surface area contributed by atoms with Gasteiger partial charge in [-0.1, -0.05) is 17.7 Å². The fourth-order valence-electron chi connectivity index (χ4n) is 1.73. The molecule has 0 aliphatic carbocycles. The number of hydrogen-bond acceptors (Lipinski definition) is 5. The molecule has 7 nitrogen and oxygen atoms in total. The minimum atomic E-state index is -4.58. The smallest absolute Gasteiger partial charge is 0.296 e. The summed E-state index contributed by atoms with van der Waals surface area (Å²) < 4.78 is 31.9. The highest BCUT2D eigenvalue weighted by Crippen LogP contribution is 2.28. The van der Waals surface area contributed by atoms with Crippen LogP contribution in [0.15, 0.2) is 47.4 Å². The van der Waals surface area contributed by atoms with Crippen molar-refractivity contribution in [2.24, 2.45) is 0 Å². The van der Waals surface area contributed by atoms with E-state index in [-0.39, 0.29) is 5.69 Å². The molecule has 0 aliphatic rings. The third kappa shape index (κ3) is 3.56. The van der Waals surface area contributed by atoms with Crippen LogP contribution in [0.3, 0.4) is 0 Å². The van der Waals surface area contributed by atoms with E-state index in [1.54, 1.807) is 12.1 Å². The molecule has 0 saturated carbocycles. The maximum atomic E-state index is 11.4. The van der Waals surface area contributed by atoms with Crippen molar-refractivity contribution in [2.45, 2.75) is 11.8 Å². The van der Waals surface area contributed by atoms with Crippen LogP contribution in [0, 0.1) is 17.0 Å². The van der Waals surface area contributed by atoms with Gasteiger partial charge < -0.3 is 5.32 Å². The number of aryl methyl sites for hydroxylation is 1. The standard InChI is InChI=1S/C13H12N2O5S/c1-9-2-4-10(5-3-9)14-12-7-6-11(15(16)17)8-13(12)21(18,19)20/h2-8,14H,1H3,(H,18,19,20). The minimum Gasteiger partial charge on any atom is -0.354 e. The number of nitrogens with zero attached hydrogens (tertiary/aromatic N) is 1. The second kappa shape index (κ2) is 5.51. The number of nitro benzene ring substituents is 1. The maximum absolute atomic E-state index is 11.4. The number of nitrogens with one attached hydrogen (secondary N) is 1. The summed E-state index contributed by atoms with van der Waals surface area (Å²) in [7, 11) is -4.58. The molecule has 0 aromatic heterocycles. The van der Waals surface area contributed by atoms with Gasteiger partial charge in [0, 0.05) is 17.8 Å². The molecule has 0 atom stereocenters. The fourth-order valence-corrected chi connectivity index (χ4v) is 2.40. The lowest BCUT2D eigenvalue weighted by Gasteiger charge is -2.10. The van der Waals surface area contributed by atoms with Gasteiger partial charge >= 0.3 is 0 Å². The number of hydrogen-bond donors (Lipinski definition) is 2. The van der Waals surface area contributed by atoms with E-state index >= 15 is 0 Å². The van der Waals surface area contributed by atoms with Gasteiger partial charge in [0.25, 0.3) is 15.8 Å². The van der Waals surface area contributed by atoms with Gasteiger partial charge in [0.15, 0.2) is 0 Å². The summed E-state index contributed by atoms with van der Waals surface area (Å²) in [5.74, 6) is 0. The largest absolute Gasteiger partial charge is 0.354 e. The SMILES string of the molecule is Cc1ccc(Nc2ccc([N+](=O)[O-])cc2S(=O)(=O)O)cc1. The average Bonchev–Trinajstić information content (AvgIpc) is 2.40. The molecule has 0 saturated heterocycles. The van der Waals surface area contributed by atoms with Crippen molar-refractivity contribution in [3.05, 3.63) is 58.1 Å². The molecule has 8 heteroatoms. The van der Waals surface area contributed by atoms with Crippen LogP contribution in [-0.4, -0.2) is 17.9 Å². The van der Waals surface area contributed by atoms with Gasteiger partial charge in [-0.25, -0.2) is 0 Å². The number of benzene rings is 2. The van der Waals surface area contributed by atoms with E-state index in [1.165, 1.54) is 6.07 Å². The highest BCUT2D eigenvalue weighted by atomic mass is 32.2. The molecule has 21 heavy (non-hydrogen) atoms. The van der Waals surface area contributed by atoms with E-state index in [2.05, 4.69) is 5.32 Å². The predicted molar refractivity (Wildman–Crippen MR) is 77.4 cm³/mol. The van der Waals surface area contributed by atoms with E-state index in [1.807, 2.05) is 19.1 Å². The van der Waals surface area contributed by atoms with Gasteiger partial charge in [0.1, 0.15) is 4.90 Å². The van der Waals surface area contributed by atoms with E-state index in [4.69, 9.17) is 0 Å². The third-order valence-corrected chi connectivity index (χ3v) is 3.68. The van der Waals surface area contributed by atoms with Crippen molar-refractivity contribution in [1.82, 2.24) is 0 Å². The number of rotatable bonds is 4. The van der Waals surface area contributed by atoms with Crippen molar-refractivity contribution in [2.75, 3.05) is 5.32 Å². The Kier molecular flexibility index (Phi) is 3.92. The molecular weight excluding hydrogens is 296 g/mol. The van der Waals surface area contributed by atoms with Crippen LogP contribution in [0.2, 0.25) is 0 Å². The zero-order valence-electron chi connectivity index (χ0n) is 11.0. The van der Waals surface area contributed by atoms with Crippen molar-refractivity contribution < 1.29 is 17.9 Å². The summed E-state index contributed by atoms with van der Waals surface area (Å²) in [6, 6.07) is 10.3. The fraction of sp³-hybridized carbons (Fsp3) is 0.0769. The molecule has 0 radical (unpaired) electrons. The molecule has 2 N–H and O–H groups in total. The van der Waals surface area contributed by atoms with Crippen molar-refractivity contribution in [1.29, 1.82) is 0 Å². The van der Waals surface area contributed by atoms with Crippen LogP contribution in [0.4, 0.5) is 17.1 Å². The molecule has 110 valence electrons. The molecule has 2 aromatic carbocycles. The molecule has 2 rings (SSSR count). The van der Waals surface area contributed by atoms with E-state index < -0.39 is 25.6 Å². The molecule has 0 spiro atoms. The molecule has 0 aliphatic heterocycles. The van der Waals surface area contributed by atoms with Crippen LogP contribution in [-0.2, 0) is 10.1 Å². The molecule has 2 aromatic rings. The molecule has 0 unspecified atom stereocenters. The van der Waals surface area contributed by atoms with Crippen molar-refractivity contribution >= 4 is 27.2 Å². The quantitative estimate of drug-likeness (QED) is 0.510. The van der Waals surface area contributed by atoms with Crippen LogP contribution >= 0.6 is 0 Å². The van der Waals surface area contributed by atoms with Crippen molar-refractivity contribution in [3.8, 4) is 0 Å². The normalized spacial score (nSPS) is 11.1. The molecule has 0 fully saturated rings. The second-order valence-electron chi connectivity index (χ2n) is 4.40. The van der Waals surface area contributed by atoms with Gasteiger partial charge in [0.2, 0.25) is 0 Å². The molecule has 0 heterocycles. The Labute approximate surface area is 121 Å². The van der Waals surface area contributed by atoms with Crippen molar-refractivity contribution in [3.63, 3.8) is 0 Å². The summed E-state index contributed by atoms with van der Waals surface area (Å²) in [5.41, 5.74) is 1.27. The van der Waals surface area contributed by atoms with E-state index in [0.717, 1.165) is 17.7 Å². The first-order valence-corrected chi connectivity index (χ1v) is 7.31. The lowest BCUT2D eigenvalue weighted by molar-refractivity contribution is -0.385. The average molecular weight is 308 g/mol. The second-order valence-corrected chi connectivity index (χ2v) is 5.79. The highest BCUT2D eigenvalue weighted by molar-refractivity contribution is 7.86. The van der Waals surface area contributed by atoms with Gasteiger partial charge in [0.05, 0.1) is 10.6 Å². The first kappa shape index (κ1) is 14.9. The lowest BCUT2D eigenvalue weighted by atomic mass is 10.2. The van der Waals surface area contributed by atoms with Crippen LogP contribution in [0.25, 0.3) is 0 Å². The third-order valence-electron chi connectivity index (χ3n) is 2.78. The van der Waals surface area contributed by atoms with Gasteiger partial charge in [-0.15, -0.1) is 0 Å². The topological polar surface area (TPSA) is 110 Å². The Bertz CT molecular complexity index is 785. The Morgan fingerprint density at radius 1 is 1.14 bits per heavy atom. The Morgan fingerprint density at radius 2 is 1.76 bits per heavy atom. The van der Waals surface area contributed by atoms with Crippen LogP contribution in [0.5, 0.6) is 0 Å². The Morgan fingerprint density at radius 3 is 2.29 bits per heavy atom. The summed E-state index contributed by atoms with van der Waals surface area (Å²) in [5, 5.41) is 13.5. The van der Waals surface area contributed by atoms with E-state index in [0.29, 0.717) is 5.69 Å².